The van der Waals surface area contributed by atoms with Gasteiger partial charge in [-0.05, 0) is 36.6 Å². The van der Waals surface area contributed by atoms with E-state index in [1.807, 2.05) is 55.6 Å². The molecule has 1 atom stereocenters. The molecule has 0 radical (unpaired) electrons. The highest BCUT2D eigenvalue weighted by molar-refractivity contribution is 5.99. The summed E-state index contributed by atoms with van der Waals surface area (Å²) in [7, 11) is 0. The van der Waals surface area contributed by atoms with Crippen molar-refractivity contribution in [3.63, 3.8) is 0 Å². The molecule has 2 heterocycles. The fraction of sp³-hybridized carbons (Fsp3) is 0.238. The topological polar surface area (TPSA) is 65.2 Å². The third kappa shape index (κ3) is 2.96. The van der Waals surface area contributed by atoms with Crippen molar-refractivity contribution in [1.82, 2.24) is 10.3 Å². The maximum atomic E-state index is 12.6. The van der Waals surface area contributed by atoms with Crippen LogP contribution in [-0.2, 0) is 22.4 Å². The molecular weight excluding hydrogens is 326 g/mol. The van der Waals surface area contributed by atoms with E-state index in [2.05, 4.69) is 16.4 Å². The fourth-order valence-corrected chi connectivity index (χ4v) is 3.72. The highest BCUT2D eigenvalue weighted by Gasteiger charge is 2.30. The van der Waals surface area contributed by atoms with Gasteiger partial charge in [-0.2, -0.15) is 0 Å². The Morgan fingerprint density at radius 2 is 1.92 bits per heavy atom. The van der Waals surface area contributed by atoms with E-state index >= 15 is 0 Å². The number of carbonyl (C=O) groups is 2. The van der Waals surface area contributed by atoms with E-state index in [9.17, 15) is 9.59 Å². The third-order valence-electron chi connectivity index (χ3n) is 4.94. The first-order valence-corrected chi connectivity index (χ1v) is 8.85. The van der Waals surface area contributed by atoms with Crippen LogP contribution >= 0.6 is 0 Å². The molecule has 0 saturated carbocycles. The molecule has 2 amide bonds. The zero-order chi connectivity index (χ0) is 18.1. The molecule has 132 valence electrons. The summed E-state index contributed by atoms with van der Waals surface area (Å²) < 4.78 is 0. The summed E-state index contributed by atoms with van der Waals surface area (Å²) >= 11 is 0. The minimum Gasteiger partial charge on any atom is -0.361 e. The Morgan fingerprint density at radius 3 is 2.81 bits per heavy atom. The molecule has 1 aliphatic heterocycles. The predicted octanol–water partition coefficient (Wildman–Crippen LogP) is 2.80. The van der Waals surface area contributed by atoms with Crippen molar-refractivity contribution < 1.29 is 9.59 Å². The first-order valence-electron chi connectivity index (χ1n) is 8.85. The number of para-hydroxylation sites is 2. The first kappa shape index (κ1) is 16.4. The number of H-pyrrole nitrogens is 1. The summed E-state index contributed by atoms with van der Waals surface area (Å²) in [6, 6.07) is 15.9. The van der Waals surface area contributed by atoms with E-state index in [1.165, 1.54) is 5.56 Å². The molecule has 0 fully saturated rings. The van der Waals surface area contributed by atoms with Crippen LogP contribution in [0.15, 0.2) is 54.7 Å². The Morgan fingerprint density at radius 1 is 1.15 bits per heavy atom. The molecule has 0 bridgehead atoms. The number of nitrogens with zero attached hydrogens (tertiary/aromatic N) is 1. The van der Waals surface area contributed by atoms with Crippen LogP contribution < -0.4 is 10.2 Å². The molecule has 1 aromatic heterocycles. The van der Waals surface area contributed by atoms with E-state index in [4.69, 9.17) is 0 Å². The van der Waals surface area contributed by atoms with Crippen molar-refractivity contribution in [3.8, 4) is 0 Å². The molecule has 2 aromatic carbocycles. The number of amides is 2. The van der Waals surface area contributed by atoms with Crippen molar-refractivity contribution in [3.05, 3.63) is 65.9 Å². The van der Waals surface area contributed by atoms with Crippen LogP contribution in [0.2, 0.25) is 0 Å². The lowest BCUT2D eigenvalue weighted by Gasteiger charge is -2.22. The van der Waals surface area contributed by atoms with E-state index in [0.717, 1.165) is 28.6 Å². The molecular formula is C21H21N3O2. The monoisotopic (exact) mass is 347 g/mol. The van der Waals surface area contributed by atoms with Gasteiger partial charge in [-0.25, -0.2) is 0 Å². The van der Waals surface area contributed by atoms with Crippen LogP contribution in [0.3, 0.4) is 0 Å². The highest BCUT2D eigenvalue weighted by Crippen LogP contribution is 2.31. The minimum absolute atomic E-state index is 0.0138. The Labute approximate surface area is 152 Å². The van der Waals surface area contributed by atoms with E-state index < -0.39 is 0 Å². The maximum absolute atomic E-state index is 12.6. The normalized spacial score (nSPS) is 15.9. The van der Waals surface area contributed by atoms with Gasteiger partial charge in [0, 0.05) is 28.8 Å². The lowest BCUT2D eigenvalue weighted by Crippen LogP contribution is -2.43. The zero-order valence-electron chi connectivity index (χ0n) is 14.7. The van der Waals surface area contributed by atoms with Gasteiger partial charge in [0.1, 0.15) is 0 Å². The van der Waals surface area contributed by atoms with Crippen LogP contribution in [0.4, 0.5) is 5.69 Å². The summed E-state index contributed by atoms with van der Waals surface area (Å²) in [5, 5.41) is 3.81. The standard InChI is InChI=1S/C21H21N3O2/c1-14-10-15-6-2-5-9-19(15)24(14)21(26)13-23-20(25)11-16-12-22-18-8-4-3-7-17(16)18/h2-9,12,14,22H,10-11,13H2,1H3,(H,23,25). The summed E-state index contributed by atoms with van der Waals surface area (Å²) in [6.45, 7) is 2.05. The molecule has 26 heavy (non-hydrogen) atoms. The predicted molar refractivity (Wildman–Crippen MR) is 102 cm³/mol. The molecule has 1 unspecified atom stereocenters. The SMILES string of the molecule is CC1Cc2ccccc2N1C(=O)CNC(=O)Cc1c[nH]c2ccccc12. The van der Waals surface area contributed by atoms with Crippen LogP contribution in [0.25, 0.3) is 10.9 Å². The van der Waals surface area contributed by atoms with E-state index in [0.29, 0.717) is 0 Å². The number of fused-ring (bicyclic) bond motifs is 2. The Kier molecular flexibility index (Phi) is 4.21. The van der Waals surface area contributed by atoms with Crippen molar-refractivity contribution in [2.45, 2.75) is 25.8 Å². The number of carbonyl (C=O) groups excluding carboxylic acids is 2. The van der Waals surface area contributed by atoms with Gasteiger partial charge >= 0.3 is 0 Å². The van der Waals surface area contributed by atoms with Crippen LogP contribution in [0, 0.1) is 0 Å². The van der Waals surface area contributed by atoms with Crippen LogP contribution in [0.1, 0.15) is 18.1 Å². The molecule has 5 heteroatoms. The molecule has 2 N–H and O–H groups in total. The number of hydrogen-bond donors (Lipinski definition) is 2. The molecule has 3 aromatic rings. The second-order valence-corrected chi connectivity index (χ2v) is 6.76. The van der Waals surface area contributed by atoms with E-state index in [1.54, 1.807) is 4.90 Å². The smallest absolute Gasteiger partial charge is 0.246 e. The first-order chi connectivity index (χ1) is 12.6. The van der Waals surface area contributed by atoms with Crippen molar-refractivity contribution in [2.75, 3.05) is 11.4 Å². The Balaban J connectivity index is 1.39. The Hall–Kier alpha value is -3.08. The largest absolute Gasteiger partial charge is 0.361 e. The summed E-state index contributed by atoms with van der Waals surface area (Å²) in [4.78, 5) is 29.9. The molecule has 0 aliphatic carbocycles. The van der Waals surface area contributed by atoms with Gasteiger partial charge in [0.25, 0.3) is 0 Å². The number of aromatic amines is 1. The highest BCUT2D eigenvalue weighted by atomic mass is 16.2. The number of hydrogen-bond acceptors (Lipinski definition) is 2. The van der Waals surface area contributed by atoms with Gasteiger partial charge in [-0.3, -0.25) is 9.59 Å². The maximum Gasteiger partial charge on any atom is 0.246 e. The van der Waals surface area contributed by atoms with Gasteiger partial charge in [-0.15, -0.1) is 0 Å². The lowest BCUT2D eigenvalue weighted by molar-refractivity contribution is -0.124. The zero-order valence-corrected chi connectivity index (χ0v) is 14.7. The molecule has 0 spiro atoms. The van der Waals surface area contributed by atoms with Crippen molar-refractivity contribution >= 4 is 28.4 Å². The van der Waals surface area contributed by atoms with Gasteiger partial charge in [0.2, 0.25) is 11.8 Å². The summed E-state index contributed by atoms with van der Waals surface area (Å²) in [5.74, 6) is -0.224. The van der Waals surface area contributed by atoms with Crippen molar-refractivity contribution in [1.29, 1.82) is 0 Å². The average Bonchev–Trinajstić information content (AvgIpc) is 3.20. The third-order valence-corrected chi connectivity index (χ3v) is 4.94. The average molecular weight is 347 g/mol. The van der Waals surface area contributed by atoms with Gasteiger partial charge in [0.05, 0.1) is 13.0 Å². The molecule has 5 nitrogen and oxygen atoms in total. The van der Waals surface area contributed by atoms with Crippen LogP contribution in [0.5, 0.6) is 0 Å². The van der Waals surface area contributed by atoms with Crippen molar-refractivity contribution in [2.24, 2.45) is 0 Å². The quantitative estimate of drug-likeness (QED) is 0.762. The number of anilines is 1. The number of aromatic nitrogens is 1. The molecule has 4 rings (SSSR count). The minimum atomic E-state index is -0.150. The lowest BCUT2D eigenvalue weighted by atomic mass is 10.1. The van der Waals surface area contributed by atoms with Crippen LogP contribution in [-0.4, -0.2) is 29.4 Å². The number of nitrogens with one attached hydrogen (secondary N) is 2. The molecule has 1 aliphatic rings. The van der Waals surface area contributed by atoms with Gasteiger partial charge in [-0.1, -0.05) is 36.4 Å². The van der Waals surface area contributed by atoms with Gasteiger partial charge < -0.3 is 15.2 Å². The molecule has 0 saturated heterocycles. The fourth-order valence-electron chi connectivity index (χ4n) is 3.72. The van der Waals surface area contributed by atoms with E-state index in [-0.39, 0.29) is 30.8 Å². The van der Waals surface area contributed by atoms with Gasteiger partial charge in [0.15, 0.2) is 0 Å². The number of rotatable bonds is 4. The Bertz CT molecular complexity index is 976. The summed E-state index contributed by atoms with van der Waals surface area (Å²) in [6.07, 6.45) is 2.96. The summed E-state index contributed by atoms with van der Waals surface area (Å²) in [5.41, 5.74) is 4.08. The second-order valence-electron chi connectivity index (χ2n) is 6.76. The number of benzene rings is 2. The second kappa shape index (κ2) is 6.67.